The normalized spacial score (nSPS) is 21.5. The number of anilines is 1. The molecule has 0 fully saturated rings. The number of amides is 1. The molecule has 1 amide bonds. The van der Waals surface area contributed by atoms with E-state index in [1.807, 2.05) is 30.3 Å². The minimum absolute atomic E-state index is 0.0821. The maximum absolute atomic E-state index is 12.7. The number of nitrogens with zero attached hydrogens (tertiary/aromatic N) is 3. The largest absolute Gasteiger partial charge is 0.497 e. The lowest BCUT2D eigenvalue weighted by molar-refractivity contribution is 0.102. The zero-order chi connectivity index (χ0) is 23.3. The number of allylic oxidation sites excluding steroid dienone is 2. The van der Waals surface area contributed by atoms with Gasteiger partial charge >= 0.3 is 0 Å². The van der Waals surface area contributed by atoms with Crippen LogP contribution >= 0.6 is 11.8 Å². The highest BCUT2D eigenvalue weighted by Crippen LogP contribution is 2.46. The quantitative estimate of drug-likeness (QED) is 0.610. The number of nitrogens with one attached hydrogen (secondary N) is 1. The Balaban J connectivity index is 1.55. The maximum Gasteiger partial charge on any atom is 0.275 e. The van der Waals surface area contributed by atoms with Crippen LogP contribution in [-0.2, 0) is 10.3 Å². The van der Waals surface area contributed by atoms with E-state index in [1.165, 1.54) is 24.2 Å². The molecule has 0 saturated heterocycles. The lowest BCUT2D eigenvalue weighted by atomic mass is 9.76. The topological polar surface area (TPSA) is 112 Å². The Kier molecular flexibility index (Phi) is 6.66. The molecule has 0 spiro atoms. The molecule has 2 aliphatic rings. The van der Waals surface area contributed by atoms with E-state index in [2.05, 4.69) is 33.4 Å². The van der Waals surface area contributed by atoms with Crippen LogP contribution in [0.25, 0.3) is 0 Å². The third-order valence-electron chi connectivity index (χ3n) is 5.45. The van der Waals surface area contributed by atoms with Gasteiger partial charge in [0, 0.05) is 17.4 Å². The number of nitrogens with two attached hydrogens (primary N) is 1. The van der Waals surface area contributed by atoms with Crippen LogP contribution in [-0.4, -0.2) is 40.5 Å². The van der Waals surface area contributed by atoms with Gasteiger partial charge in [0.15, 0.2) is 11.8 Å². The molecular formula is C24H23N5O3S. The van der Waals surface area contributed by atoms with Gasteiger partial charge in [-0.3, -0.25) is 4.79 Å². The number of amidine groups is 1. The standard InChI is InChI=1S/C24H23N5O3S/c1-3-11-32-21-14-26-20(13-27-21)22(30)28-18-6-4-5-17(12-18)24(15-33-23(25)29-24)16-7-9-19(31-2)10-8-16/h1,4-7,9-10,12-14,16H,8,11,15H2,2H3,(H2,25,29)(H,28,30). The van der Waals surface area contributed by atoms with Gasteiger partial charge in [0.05, 0.1) is 19.5 Å². The number of methoxy groups -OCH3 is 1. The van der Waals surface area contributed by atoms with Crippen LogP contribution < -0.4 is 15.8 Å². The highest BCUT2D eigenvalue weighted by molar-refractivity contribution is 8.14. The molecule has 8 nitrogen and oxygen atoms in total. The zero-order valence-electron chi connectivity index (χ0n) is 18.0. The first kappa shape index (κ1) is 22.4. The number of terminal acetylenes is 1. The summed E-state index contributed by atoms with van der Waals surface area (Å²) < 4.78 is 10.5. The first-order valence-corrected chi connectivity index (χ1v) is 11.2. The van der Waals surface area contributed by atoms with Crippen molar-refractivity contribution in [1.82, 2.24) is 9.97 Å². The molecule has 1 aliphatic carbocycles. The molecule has 0 saturated carbocycles. The predicted molar refractivity (Wildman–Crippen MR) is 129 cm³/mol. The minimum atomic E-state index is -0.530. The number of benzene rings is 1. The number of rotatable bonds is 7. The third-order valence-corrected chi connectivity index (χ3v) is 6.42. The van der Waals surface area contributed by atoms with Gasteiger partial charge in [-0.15, -0.1) is 6.42 Å². The Morgan fingerprint density at radius 3 is 2.91 bits per heavy atom. The molecule has 2 heterocycles. The van der Waals surface area contributed by atoms with Crippen LogP contribution in [0, 0.1) is 18.3 Å². The average molecular weight is 462 g/mol. The van der Waals surface area contributed by atoms with Gasteiger partial charge < -0.3 is 20.5 Å². The van der Waals surface area contributed by atoms with Crippen molar-refractivity contribution in [1.29, 1.82) is 0 Å². The van der Waals surface area contributed by atoms with Crippen molar-refractivity contribution in [2.45, 2.75) is 12.0 Å². The molecule has 0 radical (unpaired) electrons. The molecule has 33 heavy (non-hydrogen) atoms. The highest BCUT2D eigenvalue weighted by atomic mass is 32.2. The highest BCUT2D eigenvalue weighted by Gasteiger charge is 2.43. The summed E-state index contributed by atoms with van der Waals surface area (Å²) in [6, 6.07) is 7.66. The zero-order valence-corrected chi connectivity index (χ0v) is 18.8. The molecule has 1 aromatic carbocycles. The summed E-state index contributed by atoms with van der Waals surface area (Å²) in [5.74, 6) is 3.88. The first-order valence-electron chi connectivity index (χ1n) is 10.2. The summed E-state index contributed by atoms with van der Waals surface area (Å²) in [6.45, 7) is 0.0821. The molecule has 1 aromatic heterocycles. The van der Waals surface area contributed by atoms with Crippen LogP contribution in [0.3, 0.4) is 0 Å². The monoisotopic (exact) mass is 461 g/mol. The number of ether oxygens (including phenoxy) is 2. The smallest absolute Gasteiger partial charge is 0.275 e. The van der Waals surface area contributed by atoms with Gasteiger partial charge in [-0.1, -0.05) is 35.9 Å². The molecule has 4 rings (SSSR count). The van der Waals surface area contributed by atoms with Crippen molar-refractivity contribution < 1.29 is 14.3 Å². The average Bonchev–Trinajstić information content (AvgIpc) is 3.26. The molecular weight excluding hydrogens is 438 g/mol. The number of hydrogen-bond donors (Lipinski definition) is 2. The van der Waals surface area contributed by atoms with E-state index in [0.29, 0.717) is 16.6 Å². The SMILES string of the molecule is C#CCOc1cnc(C(=O)Nc2cccc(C3(C4C=CC(OC)=CC4)CSC(N)=N3)c2)cn1. The molecule has 168 valence electrons. The number of carbonyl (C=O) groups is 1. The Morgan fingerprint density at radius 1 is 1.39 bits per heavy atom. The van der Waals surface area contributed by atoms with Gasteiger partial charge in [0.2, 0.25) is 5.88 Å². The van der Waals surface area contributed by atoms with Gasteiger partial charge in [-0.05, 0) is 36.3 Å². The summed E-state index contributed by atoms with van der Waals surface area (Å²) in [5.41, 5.74) is 7.32. The van der Waals surface area contributed by atoms with Crippen LogP contribution in [0.2, 0.25) is 0 Å². The molecule has 2 atom stereocenters. The van der Waals surface area contributed by atoms with Crippen molar-refractivity contribution in [3.63, 3.8) is 0 Å². The second-order valence-corrected chi connectivity index (χ2v) is 8.44. The molecule has 1 aliphatic heterocycles. The van der Waals surface area contributed by atoms with Crippen LogP contribution in [0.15, 0.2) is 65.6 Å². The molecule has 0 bridgehead atoms. The van der Waals surface area contributed by atoms with E-state index < -0.39 is 5.54 Å². The van der Waals surface area contributed by atoms with Crippen molar-refractivity contribution in [3.8, 4) is 18.2 Å². The lowest BCUT2D eigenvalue weighted by Crippen LogP contribution is -2.34. The number of carbonyl (C=O) groups excluding carboxylic acids is 1. The second-order valence-electron chi connectivity index (χ2n) is 7.44. The summed E-state index contributed by atoms with van der Waals surface area (Å²) >= 11 is 1.53. The van der Waals surface area contributed by atoms with E-state index in [9.17, 15) is 4.79 Å². The summed E-state index contributed by atoms with van der Waals surface area (Å²) in [5, 5.41) is 3.44. The van der Waals surface area contributed by atoms with E-state index >= 15 is 0 Å². The van der Waals surface area contributed by atoms with Gasteiger partial charge in [-0.25, -0.2) is 15.0 Å². The van der Waals surface area contributed by atoms with E-state index in [0.717, 1.165) is 17.7 Å². The lowest BCUT2D eigenvalue weighted by Gasteiger charge is -2.34. The van der Waals surface area contributed by atoms with E-state index in [-0.39, 0.29) is 30.0 Å². The van der Waals surface area contributed by atoms with Crippen molar-refractivity contribution in [3.05, 3.63) is 71.9 Å². The molecule has 2 aromatic rings. The number of hydrogen-bond acceptors (Lipinski definition) is 8. The fourth-order valence-electron chi connectivity index (χ4n) is 3.79. The van der Waals surface area contributed by atoms with Gasteiger partial charge in [0.25, 0.3) is 5.91 Å². The van der Waals surface area contributed by atoms with Crippen LogP contribution in [0.4, 0.5) is 5.69 Å². The fraction of sp³-hybridized carbons (Fsp3) is 0.250. The first-order chi connectivity index (χ1) is 16.0. The molecule has 9 heteroatoms. The van der Waals surface area contributed by atoms with Gasteiger partial charge in [0.1, 0.15) is 17.0 Å². The minimum Gasteiger partial charge on any atom is -0.497 e. The van der Waals surface area contributed by atoms with Crippen molar-refractivity contribution in [2.75, 3.05) is 24.8 Å². The summed E-state index contributed by atoms with van der Waals surface area (Å²) in [4.78, 5) is 25.7. The second kappa shape index (κ2) is 9.79. The number of aromatic nitrogens is 2. The Morgan fingerprint density at radius 2 is 2.27 bits per heavy atom. The van der Waals surface area contributed by atoms with E-state index in [4.69, 9.17) is 26.6 Å². The Labute approximate surface area is 196 Å². The Hall–Kier alpha value is -3.77. The van der Waals surface area contributed by atoms with Crippen LogP contribution in [0.1, 0.15) is 22.5 Å². The maximum atomic E-state index is 12.7. The third kappa shape index (κ3) is 4.86. The number of aliphatic imine (C=N–C) groups is 1. The van der Waals surface area contributed by atoms with Crippen LogP contribution in [0.5, 0.6) is 5.88 Å². The molecule has 2 unspecified atom stereocenters. The van der Waals surface area contributed by atoms with Crippen molar-refractivity contribution in [2.24, 2.45) is 16.6 Å². The molecule has 3 N–H and O–H groups in total. The summed E-state index contributed by atoms with van der Waals surface area (Å²) in [7, 11) is 1.66. The van der Waals surface area contributed by atoms with Crippen molar-refractivity contribution >= 4 is 28.5 Å². The summed E-state index contributed by atoms with van der Waals surface area (Å²) in [6.07, 6.45) is 14.8. The fourth-order valence-corrected chi connectivity index (χ4v) is 4.83. The van der Waals surface area contributed by atoms with E-state index in [1.54, 1.807) is 7.11 Å². The number of thioether (sulfide) groups is 1. The predicted octanol–water partition coefficient (Wildman–Crippen LogP) is 3.10. The van der Waals surface area contributed by atoms with Gasteiger partial charge in [-0.2, -0.15) is 0 Å². The Bertz CT molecular complexity index is 1170.